The van der Waals surface area contributed by atoms with Crippen LogP contribution in [-0.4, -0.2) is 24.7 Å². The van der Waals surface area contributed by atoms with Crippen LogP contribution in [0.25, 0.3) is 0 Å². The highest BCUT2D eigenvalue weighted by Crippen LogP contribution is 2.31. The number of hydrogen-bond acceptors (Lipinski definition) is 3. The topological polar surface area (TPSA) is 35.2 Å². The molecule has 1 aromatic carbocycles. The average Bonchev–Trinajstić information content (AvgIpc) is 2.30. The molecule has 1 aliphatic heterocycles. The minimum Gasteiger partial charge on any atom is -0.497 e. The first-order chi connectivity index (χ1) is 7.31. The van der Waals surface area contributed by atoms with Gasteiger partial charge in [0.1, 0.15) is 5.75 Å². The first kappa shape index (κ1) is 10.8. The number of thioether (sulfide) groups is 1. The molecule has 2 atom stereocenters. The fourth-order valence-electron chi connectivity index (χ4n) is 2.02. The highest BCUT2D eigenvalue weighted by molar-refractivity contribution is 7.99. The van der Waals surface area contributed by atoms with E-state index in [0.29, 0.717) is 12.0 Å². The Hall–Kier alpha value is -0.670. The molecule has 0 radical (unpaired) electrons. The van der Waals surface area contributed by atoms with E-state index >= 15 is 0 Å². The molecular formula is C12H17NOS. The maximum absolute atomic E-state index is 6.13. The minimum absolute atomic E-state index is 0.303. The smallest absolute Gasteiger partial charge is 0.118 e. The molecule has 2 N–H and O–H groups in total. The lowest BCUT2D eigenvalue weighted by Gasteiger charge is -2.28. The van der Waals surface area contributed by atoms with Gasteiger partial charge in [0.25, 0.3) is 0 Å². The number of benzene rings is 1. The van der Waals surface area contributed by atoms with E-state index in [0.717, 1.165) is 11.5 Å². The molecule has 1 fully saturated rings. The standard InChI is InChI=1S/C12H17NOS/c1-14-10-4-2-9(3-5-10)11-6-7-15-8-12(11)13/h2-5,11-12H,6-8,13H2,1H3. The van der Waals surface area contributed by atoms with Gasteiger partial charge in [-0.1, -0.05) is 12.1 Å². The van der Waals surface area contributed by atoms with Crippen molar-refractivity contribution in [3.8, 4) is 5.75 Å². The third kappa shape index (κ3) is 2.47. The molecule has 0 spiro atoms. The second-order valence-electron chi connectivity index (χ2n) is 3.91. The van der Waals surface area contributed by atoms with Crippen molar-refractivity contribution < 1.29 is 4.74 Å². The van der Waals surface area contributed by atoms with Gasteiger partial charge in [-0.25, -0.2) is 0 Å². The number of rotatable bonds is 2. The van der Waals surface area contributed by atoms with Crippen LogP contribution >= 0.6 is 11.8 Å². The lowest BCUT2D eigenvalue weighted by atomic mass is 9.90. The molecule has 0 bridgehead atoms. The first-order valence-corrected chi connectivity index (χ1v) is 6.44. The predicted octanol–water partition coefficient (Wildman–Crippen LogP) is 2.24. The molecule has 2 rings (SSSR count). The van der Waals surface area contributed by atoms with Crippen molar-refractivity contribution in [3.05, 3.63) is 29.8 Å². The molecule has 0 aliphatic carbocycles. The molecular weight excluding hydrogens is 206 g/mol. The van der Waals surface area contributed by atoms with Crippen LogP contribution in [0.1, 0.15) is 17.9 Å². The Morgan fingerprint density at radius 2 is 2.07 bits per heavy atom. The van der Waals surface area contributed by atoms with Crippen LogP contribution in [0.2, 0.25) is 0 Å². The van der Waals surface area contributed by atoms with Crippen LogP contribution < -0.4 is 10.5 Å². The van der Waals surface area contributed by atoms with Crippen molar-refractivity contribution in [1.29, 1.82) is 0 Å². The van der Waals surface area contributed by atoms with Crippen molar-refractivity contribution in [1.82, 2.24) is 0 Å². The maximum Gasteiger partial charge on any atom is 0.118 e. The zero-order valence-corrected chi connectivity index (χ0v) is 9.80. The fourth-order valence-corrected chi connectivity index (χ4v) is 3.12. The van der Waals surface area contributed by atoms with Gasteiger partial charge < -0.3 is 10.5 Å². The lowest BCUT2D eigenvalue weighted by Crippen LogP contribution is -2.34. The van der Waals surface area contributed by atoms with Gasteiger partial charge in [0, 0.05) is 17.7 Å². The van der Waals surface area contributed by atoms with Gasteiger partial charge in [-0.2, -0.15) is 11.8 Å². The summed E-state index contributed by atoms with van der Waals surface area (Å²) in [5.74, 6) is 3.75. The Kier molecular flexibility index (Phi) is 3.54. The summed E-state index contributed by atoms with van der Waals surface area (Å²) in [5, 5.41) is 0. The molecule has 15 heavy (non-hydrogen) atoms. The first-order valence-electron chi connectivity index (χ1n) is 5.28. The van der Waals surface area contributed by atoms with E-state index in [9.17, 15) is 0 Å². The molecule has 0 amide bonds. The Morgan fingerprint density at radius 3 is 2.67 bits per heavy atom. The third-order valence-electron chi connectivity index (χ3n) is 2.94. The quantitative estimate of drug-likeness (QED) is 0.835. The fraction of sp³-hybridized carbons (Fsp3) is 0.500. The van der Waals surface area contributed by atoms with Gasteiger partial charge in [-0.05, 0) is 29.9 Å². The number of nitrogens with two attached hydrogens (primary N) is 1. The molecule has 0 saturated carbocycles. The summed E-state index contributed by atoms with van der Waals surface area (Å²) >= 11 is 1.96. The molecule has 1 saturated heterocycles. The van der Waals surface area contributed by atoms with Gasteiger partial charge >= 0.3 is 0 Å². The van der Waals surface area contributed by atoms with Crippen LogP contribution in [0, 0.1) is 0 Å². The van der Waals surface area contributed by atoms with Gasteiger partial charge in [0.05, 0.1) is 7.11 Å². The van der Waals surface area contributed by atoms with Crippen molar-refractivity contribution in [3.63, 3.8) is 0 Å². The average molecular weight is 223 g/mol. The lowest BCUT2D eigenvalue weighted by molar-refractivity contribution is 0.414. The largest absolute Gasteiger partial charge is 0.497 e. The Balaban J connectivity index is 2.13. The predicted molar refractivity (Wildman–Crippen MR) is 65.7 cm³/mol. The van der Waals surface area contributed by atoms with E-state index in [2.05, 4.69) is 12.1 Å². The summed E-state index contributed by atoms with van der Waals surface area (Å²) in [5.41, 5.74) is 7.48. The van der Waals surface area contributed by atoms with E-state index in [4.69, 9.17) is 10.5 Å². The second kappa shape index (κ2) is 4.90. The molecule has 3 heteroatoms. The monoisotopic (exact) mass is 223 g/mol. The molecule has 2 unspecified atom stereocenters. The maximum atomic E-state index is 6.13. The van der Waals surface area contributed by atoms with E-state index in [1.165, 1.54) is 17.7 Å². The SMILES string of the molecule is COc1ccc(C2CCSCC2N)cc1. The van der Waals surface area contributed by atoms with Crippen molar-refractivity contribution in [2.24, 2.45) is 5.73 Å². The van der Waals surface area contributed by atoms with Crippen LogP contribution in [0.4, 0.5) is 0 Å². The molecule has 0 aromatic heterocycles. The molecule has 1 aromatic rings. The van der Waals surface area contributed by atoms with Gasteiger partial charge in [0.2, 0.25) is 0 Å². The van der Waals surface area contributed by atoms with E-state index in [-0.39, 0.29) is 0 Å². The molecule has 82 valence electrons. The highest BCUT2D eigenvalue weighted by atomic mass is 32.2. The Bertz CT molecular complexity index is 312. The summed E-state index contributed by atoms with van der Waals surface area (Å²) in [7, 11) is 1.69. The van der Waals surface area contributed by atoms with Gasteiger partial charge in [0.15, 0.2) is 0 Å². The van der Waals surface area contributed by atoms with Crippen molar-refractivity contribution in [2.75, 3.05) is 18.6 Å². The zero-order valence-electron chi connectivity index (χ0n) is 8.98. The number of ether oxygens (including phenoxy) is 1. The van der Waals surface area contributed by atoms with Crippen LogP contribution in [0.15, 0.2) is 24.3 Å². The summed E-state index contributed by atoms with van der Waals surface area (Å²) in [6.45, 7) is 0. The van der Waals surface area contributed by atoms with Crippen molar-refractivity contribution >= 4 is 11.8 Å². The number of methoxy groups -OCH3 is 1. The van der Waals surface area contributed by atoms with Gasteiger partial charge in [-0.15, -0.1) is 0 Å². The van der Waals surface area contributed by atoms with Gasteiger partial charge in [-0.3, -0.25) is 0 Å². The second-order valence-corrected chi connectivity index (χ2v) is 5.06. The van der Waals surface area contributed by atoms with Crippen molar-refractivity contribution in [2.45, 2.75) is 18.4 Å². The third-order valence-corrected chi connectivity index (χ3v) is 4.09. The van der Waals surface area contributed by atoms with Crippen LogP contribution in [0.3, 0.4) is 0 Å². The molecule has 2 nitrogen and oxygen atoms in total. The molecule has 1 aliphatic rings. The van der Waals surface area contributed by atoms with E-state index < -0.39 is 0 Å². The highest BCUT2D eigenvalue weighted by Gasteiger charge is 2.23. The summed E-state index contributed by atoms with van der Waals surface area (Å²) in [6, 6.07) is 8.61. The molecule has 1 heterocycles. The minimum atomic E-state index is 0.303. The summed E-state index contributed by atoms with van der Waals surface area (Å²) in [4.78, 5) is 0. The van der Waals surface area contributed by atoms with E-state index in [1.54, 1.807) is 7.11 Å². The van der Waals surface area contributed by atoms with Crippen LogP contribution in [0.5, 0.6) is 5.75 Å². The summed E-state index contributed by atoms with van der Waals surface area (Å²) < 4.78 is 5.15. The summed E-state index contributed by atoms with van der Waals surface area (Å²) in [6.07, 6.45) is 1.19. The van der Waals surface area contributed by atoms with Crippen LogP contribution in [-0.2, 0) is 0 Å². The van der Waals surface area contributed by atoms with E-state index in [1.807, 2.05) is 23.9 Å². The normalized spacial score (nSPS) is 26.3. The zero-order chi connectivity index (χ0) is 10.7. The Labute approximate surface area is 95.2 Å². The Morgan fingerprint density at radius 1 is 1.33 bits per heavy atom. The number of hydrogen-bond donors (Lipinski definition) is 1.